The third kappa shape index (κ3) is 10.7. The molecule has 1 unspecified atom stereocenters. The number of amides is 2. The van der Waals surface area contributed by atoms with Gasteiger partial charge in [0.05, 0.1) is 6.54 Å². The van der Waals surface area contributed by atoms with E-state index in [-0.39, 0.29) is 44.8 Å². The van der Waals surface area contributed by atoms with Gasteiger partial charge in [-0.2, -0.15) is 22.0 Å². The predicted molar refractivity (Wildman–Crippen MR) is 131 cm³/mol. The summed E-state index contributed by atoms with van der Waals surface area (Å²) in [7, 11) is 0. The number of carboxylic acid groups (broad SMARTS) is 1. The molecule has 13 heteroatoms. The number of carboxylic acids is 1. The number of nitrogens with zero attached hydrogens (tertiary/aromatic N) is 1. The molecule has 216 valence electrons. The second-order valence-corrected chi connectivity index (χ2v) is 8.56. The first-order chi connectivity index (χ1) is 18.3. The van der Waals surface area contributed by atoms with E-state index in [4.69, 9.17) is 9.47 Å². The molecule has 7 nitrogen and oxygen atoms in total. The predicted octanol–water partition coefficient (Wildman–Crippen LogP) is 6.14. The number of hydrogen-bond donors (Lipinski definition) is 2. The van der Waals surface area contributed by atoms with E-state index in [1.807, 2.05) is 0 Å². The van der Waals surface area contributed by atoms with Crippen LogP contribution in [0.2, 0.25) is 0 Å². The summed E-state index contributed by atoms with van der Waals surface area (Å²) in [6, 6.07) is 10.7. The normalized spacial score (nSPS) is 12.6. The lowest BCUT2D eigenvalue weighted by atomic mass is 10.1. The number of urea groups is 1. The van der Waals surface area contributed by atoms with Gasteiger partial charge < -0.3 is 24.8 Å². The maximum Gasteiger partial charge on any atom is 0.453 e. The Balaban J connectivity index is 1.95. The van der Waals surface area contributed by atoms with Crippen molar-refractivity contribution >= 4 is 17.7 Å². The van der Waals surface area contributed by atoms with E-state index in [1.54, 1.807) is 31.2 Å². The minimum atomic E-state index is -5.65. The van der Waals surface area contributed by atoms with E-state index in [1.165, 1.54) is 17.0 Å². The van der Waals surface area contributed by atoms with E-state index < -0.39 is 48.9 Å². The molecule has 0 saturated carbocycles. The minimum Gasteiger partial charge on any atom is -0.492 e. The van der Waals surface area contributed by atoms with Crippen LogP contribution in [0.3, 0.4) is 0 Å². The molecule has 0 saturated heterocycles. The smallest absolute Gasteiger partial charge is 0.453 e. The van der Waals surface area contributed by atoms with E-state index in [0.717, 1.165) is 12.1 Å². The summed E-state index contributed by atoms with van der Waals surface area (Å²) >= 11 is 0. The Hall–Kier alpha value is -3.48. The lowest BCUT2D eigenvalue weighted by Gasteiger charge is -2.24. The highest BCUT2D eigenvalue weighted by Gasteiger charge is 2.56. The van der Waals surface area contributed by atoms with Crippen LogP contribution < -0.4 is 10.1 Å². The van der Waals surface area contributed by atoms with Crippen LogP contribution in [0.25, 0.3) is 0 Å². The van der Waals surface area contributed by atoms with Crippen molar-refractivity contribution in [1.29, 1.82) is 0 Å². The van der Waals surface area contributed by atoms with Gasteiger partial charge in [-0.15, -0.1) is 0 Å². The maximum absolute atomic E-state index is 13.2. The van der Waals surface area contributed by atoms with Gasteiger partial charge in [0.2, 0.25) is 0 Å². The molecule has 0 aromatic heterocycles. The molecule has 2 rings (SSSR count). The number of alkyl halides is 5. The second kappa shape index (κ2) is 14.6. The van der Waals surface area contributed by atoms with Crippen LogP contribution in [0.15, 0.2) is 48.5 Å². The fourth-order valence-electron chi connectivity index (χ4n) is 3.47. The number of carbonyl (C=O) groups is 2. The Morgan fingerprint density at radius 1 is 0.974 bits per heavy atom. The summed E-state index contributed by atoms with van der Waals surface area (Å²) in [6.07, 6.45) is -8.50. The molecule has 0 aliphatic rings. The monoisotopic (exact) mass is 564 g/mol. The van der Waals surface area contributed by atoms with E-state index >= 15 is 0 Å². The van der Waals surface area contributed by atoms with Crippen LogP contribution in [0.5, 0.6) is 5.75 Å². The minimum absolute atomic E-state index is 0.0319. The largest absolute Gasteiger partial charge is 0.492 e. The van der Waals surface area contributed by atoms with Crippen LogP contribution in [0, 0.1) is 5.82 Å². The molecule has 2 N–H and O–H groups in total. The summed E-state index contributed by atoms with van der Waals surface area (Å²) < 4.78 is 87.6. The molecule has 1 atom stereocenters. The first-order valence-corrected chi connectivity index (χ1v) is 12.1. The first kappa shape index (κ1) is 31.7. The topological polar surface area (TPSA) is 88.1 Å². The Kier molecular flexibility index (Phi) is 11.9. The molecule has 0 fully saturated rings. The van der Waals surface area contributed by atoms with Crippen LogP contribution in [0.1, 0.15) is 31.7 Å². The number of ether oxygens (including phenoxy) is 2. The number of aliphatic carboxylic acids is 1. The van der Waals surface area contributed by atoms with Crippen molar-refractivity contribution in [2.45, 2.75) is 50.8 Å². The van der Waals surface area contributed by atoms with Gasteiger partial charge in [0.25, 0.3) is 0 Å². The Labute approximate surface area is 221 Å². The van der Waals surface area contributed by atoms with Gasteiger partial charge in [-0.25, -0.2) is 14.0 Å². The number of unbranched alkanes of at least 4 members (excludes halogenated alkanes) is 1. The third-order valence-electron chi connectivity index (χ3n) is 5.58. The highest BCUT2D eigenvalue weighted by Crippen LogP contribution is 2.39. The zero-order valence-electron chi connectivity index (χ0n) is 21.1. The van der Waals surface area contributed by atoms with Crippen molar-refractivity contribution in [3.8, 4) is 5.75 Å². The Morgan fingerprint density at radius 2 is 1.62 bits per heavy atom. The highest BCUT2D eigenvalue weighted by molar-refractivity contribution is 5.89. The van der Waals surface area contributed by atoms with Crippen molar-refractivity contribution < 1.29 is 50.5 Å². The van der Waals surface area contributed by atoms with Gasteiger partial charge in [0, 0.05) is 31.7 Å². The fraction of sp³-hybridized carbons (Fsp3) is 0.462. The summed E-state index contributed by atoms with van der Waals surface area (Å²) in [6.45, 7) is 1.74. The standard InChI is InChI=1S/C26H30F6N2O5/c1-2-38-22(23(35)36)17-18-5-11-21(12-6-18)39-16-15-34(14-4-3-13-25(28,29)26(30,31)32)24(37)33-20-9-7-19(27)8-10-20/h5-12,22H,2-4,13-17H2,1H3,(H,33,37)(H,35,36). The van der Waals surface area contributed by atoms with Crippen molar-refractivity contribution in [2.24, 2.45) is 0 Å². The summed E-state index contributed by atoms with van der Waals surface area (Å²) in [5.41, 5.74) is 0.956. The lowest BCUT2D eigenvalue weighted by molar-refractivity contribution is -0.284. The second-order valence-electron chi connectivity index (χ2n) is 8.56. The molecule has 2 aromatic carbocycles. The molecule has 0 spiro atoms. The van der Waals surface area contributed by atoms with Crippen LogP contribution in [-0.4, -0.2) is 66.5 Å². The van der Waals surface area contributed by atoms with Crippen molar-refractivity contribution in [1.82, 2.24) is 4.90 Å². The summed E-state index contributed by atoms with van der Waals surface area (Å²) in [4.78, 5) is 25.2. The number of anilines is 1. The molecule has 0 aliphatic carbocycles. The van der Waals surface area contributed by atoms with Crippen molar-refractivity contribution in [3.05, 3.63) is 59.9 Å². The maximum atomic E-state index is 13.2. The Morgan fingerprint density at radius 3 is 2.18 bits per heavy atom. The number of nitrogens with one attached hydrogen (secondary N) is 1. The average molecular weight is 565 g/mol. The molecular formula is C26H30F6N2O5. The number of carbonyl (C=O) groups excluding carboxylic acids is 1. The van der Waals surface area contributed by atoms with E-state index in [9.17, 15) is 41.0 Å². The lowest BCUT2D eigenvalue weighted by Crippen LogP contribution is -2.39. The summed E-state index contributed by atoms with van der Waals surface area (Å²) in [5, 5.41) is 11.7. The fourth-order valence-corrected chi connectivity index (χ4v) is 3.47. The SMILES string of the molecule is CCOC(Cc1ccc(OCCN(CCCCC(F)(F)C(F)(F)F)C(=O)Nc2ccc(F)cc2)cc1)C(=O)O. The van der Waals surface area contributed by atoms with Crippen molar-refractivity contribution in [2.75, 3.05) is 31.6 Å². The zero-order chi connectivity index (χ0) is 29.1. The molecular weight excluding hydrogens is 534 g/mol. The quantitative estimate of drug-likeness (QED) is 0.201. The van der Waals surface area contributed by atoms with Crippen LogP contribution >= 0.6 is 0 Å². The molecule has 39 heavy (non-hydrogen) atoms. The molecule has 2 aromatic rings. The molecule has 0 radical (unpaired) electrons. The average Bonchev–Trinajstić information content (AvgIpc) is 2.86. The number of rotatable bonds is 15. The van der Waals surface area contributed by atoms with Crippen molar-refractivity contribution in [3.63, 3.8) is 0 Å². The molecule has 2 amide bonds. The Bertz CT molecular complexity index is 1050. The van der Waals surface area contributed by atoms with Gasteiger partial charge in [0.1, 0.15) is 18.2 Å². The van der Waals surface area contributed by atoms with E-state index in [2.05, 4.69) is 5.32 Å². The van der Waals surface area contributed by atoms with E-state index in [0.29, 0.717) is 11.3 Å². The summed E-state index contributed by atoms with van der Waals surface area (Å²) in [5.74, 6) is -6.02. The van der Waals surface area contributed by atoms with Gasteiger partial charge in [-0.1, -0.05) is 12.1 Å². The third-order valence-corrected chi connectivity index (χ3v) is 5.58. The first-order valence-electron chi connectivity index (χ1n) is 12.1. The van der Waals surface area contributed by atoms with Gasteiger partial charge in [-0.3, -0.25) is 0 Å². The number of hydrogen-bond acceptors (Lipinski definition) is 4. The highest BCUT2D eigenvalue weighted by atomic mass is 19.4. The zero-order valence-corrected chi connectivity index (χ0v) is 21.1. The molecule has 0 bridgehead atoms. The van der Waals surface area contributed by atoms with Gasteiger partial charge in [0.15, 0.2) is 6.10 Å². The van der Waals surface area contributed by atoms with Crippen LogP contribution in [0.4, 0.5) is 36.8 Å². The van der Waals surface area contributed by atoms with Gasteiger partial charge >= 0.3 is 24.1 Å². The molecule has 0 heterocycles. The van der Waals surface area contributed by atoms with Gasteiger partial charge in [-0.05, 0) is 61.7 Å². The number of benzene rings is 2. The number of halogens is 6. The molecule has 0 aliphatic heterocycles. The van der Waals surface area contributed by atoms with Crippen LogP contribution in [-0.2, 0) is 16.0 Å².